The molecule has 1 atom stereocenters. The van der Waals surface area contributed by atoms with Crippen molar-refractivity contribution in [3.05, 3.63) is 59.1 Å². The molecule has 0 spiro atoms. The number of hydrogen-bond acceptors (Lipinski definition) is 4. The average molecular weight is 435 g/mol. The molecule has 1 saturated carbocycles. The first-order valence-electron chi connectivity index (χ1n) is 10.8. The van der Waals surface area contributed by atoms with Crippen LogP contribution in [0.5, 0.6) is 0 Å². The van der Waals surface area contributed by atoms with E-state index < -0.39 is 5.54 Å². The Morgan fingerprint density at radius 1 is 1.19 bits per heavy atom. The fourth-order valence-electron chi connectivity index (χ4n) is 4.73. The van der Waals surface area contributed by atoms with Crippen molar-refractivity contribution in [3.63, 3.8) is 0 Å². The summed E-state index contributed by atoms with van der Waals surface area (Å²) in [7, 11) is 0. The van der Waals surface area contributed by atoms with Crippen molar-refractivity contribution in [3.8, 4) is 10.6 Å². The molecule has 0 bridgehead atoms. The van der Waals surface area contributed by atoms with E-state index in [9.17, 15) is 9.59 Å². The first kappa shape index (κ1) is 20.0. The number of benzene rings is 1. The molecule has 1 unspecified atom stereocenters. The van der Waals surface area contributed by atoms with Gasteiger partial charge in [-0.15, -0.1) is 11.3 Å². The van der Waals surface area contributed by atoms with Crippen LogP contribution >= 0.6 is 11.3 Å². The SMILES string of the molecule is Cc1ccccc1N1C(=O)c2cc(-c3cccs3)nn2CC1(C)C(=O)NC1CCCC1. The molecule has 2 amide bonds. The lowest BCUT2D eigenvalue weighted by atomic mass is 9.92. The van der Waals surface area contributed by atoms with Crippen LogP contribution in [0.3, 0.4) is 0 Å². The number of nitrogens with one attached hydrogen (secondary N) is 1. The quantitative estimate of drug-likeness (QED) is 0.662. The highest BCUT2D eigenvalue weighted by Crippen LogP contribution is 2.36. The molecule has 1 N–H and O–H groups in total. The first-order valence-corrected chi connectivity index (χ1v) is 11.7. The minimum atomic E-state index is -1.07. The number of anilines is 1. The largest absolute Gasteiger partial charge is 0.351 e. The highest BCUT2D eigenvalue weighted by atomic mass is 32.1. The Kier molecular flexibility index (Phi) is 4.93. The van der Waals surface area contributed by atoms with Crippen LogP contribution < -0.4 is 10.2 Å². The van der Waals surface area contributed by atoms with E-state index in [-0.39, 0.29) is 17.9 Å². The molecule has 5 rings (SSSR count). The Morgan fingerprint density at radius 3 is 2.68 bits per heavy atom. The molecule has 2 aromatic heterocycles. The molecule has 6 nitrogen and oxygen atoms in total. The van der Waals surface area contributed by atoms with E-state index in [2.05, 4.69) is 5.32 Å². The minimum Gasteiger partial charge on any atom is -0.351 e. The topological polar surface area (TPSA) is 67.2 Å². The molecule has 3 heterocycles. The molecule has 2 aliphatic rings. The summed E-state index contributed by atoms with van der Waals surface area (Å²) in [6.07, 6.45) is 4.26. The summed E-state index contributed by atoms with van der Waals surface area (Å²) in [6.45, 7) is 4.14. The number of para-hydroxylation sites is 1. The van der Waals surface area contributed by atoms with Crippen molar-refractivity contribution in [2.24, 2.45) is 0 Å². The van der Waals surface area contributed by atoms with Crippen molar-refractivity contribution < 1.29 is 9.59 Å². The van der Waals surface area contributed by atoms with Gasteiger partial charge in [-0.2, -0.15) is 5.10 Å². The zero-order chi connectivity index (χ0) is 21.6. The standard InChI is InChI=1S/C24H26N4O2S/c1-16-8-3-6-11-19(16)28-22(29)20-14-18(21-12-7-13-31-21)26-27(20)15-24(28,2)23(30)25-17-9-4-5-10-17/h3,6-8,11-14,17H,4-5,9-10,15H2,1-2H3,(H,25,30). The lowest BCUT2D eigenvalue weighted by Crippen LogP contribution is -2.65. The zero-order valence-electron chi connectivity index (χ0n) is 17.8. The van der Waals surface area contributed by atoms with E-state index in [4.69, 9.17) is 5.10 Å². The molecule has 31 heavy (non-hydrogen) atoms. The van der Waals surface area contributed by atoms with Crippen LogP contribution in [0.4, 0.5) is 5.69 Å². The average Bonchev–Trinajstić information content (AvgIpc) is 3.50. The lowest BCUT2D eigenvalue weighted by molar-refractivity contribution is -0.127. The molecule has 0 saturated heterocycles. The number of carbonyl (C=O) groups excluding carboxylic acids is 2. The Labute approximate surface area is 185 Å². The van der Waals surface area contributed by atoms with Gasteiger partial charge in [0.15, 0.2) is 0 Å². The molecular formula is C24H26N4O2S. The van der Waals surface area contributed by atoms with Crippen LogP contribution in [-0.4, -0.2) is 33.2 Å². The second-order valence-corrected chi connectivity index (χ2v) is 9.65. The van der Waals surface area contributed by atoms with Gasteiger partial charge in [-0.05, 0) is 55.8 Å². The predicted molar refractivity (Wildman–Crippen MR) is 122 cm³/mol. The zero-order valence-corrected chi connectivity index (χ0v) is 18.6. The van der Waals surface area contributed by atoms with Gasteiger partial charge >= 0.3 is 0 Å². The molecule has 1 fully saturated rings. The molecule has 160 valence electrons. The maximum Gasteiger partial charge on any atom is 0.277 e. The van der Waals surface area contributed by atoms with Gasteiger partial charge < -0.3 is 5.32 Å². The third kappa shape index (κ3) is 3.37. The normalized spacial score (nSPS) is 21.4. The Morgan fingerprint density at radius 2 is 1.97 bits per heavy atom. The van der Waals surface area contributed by atoms with Gasteiger partial charge in [0.2, 0.25) is 5.91 Å². The van der Waals surface area contributed by atoms with Gasteiger partial charge in [0.1, 0.15) is 16.9 Å². The summed E-state index contributed by atoms with van der Waals surface area (Å²) in [5.41, 5.74) is 1.93. The van der Waals surface area contributed by atoms with Crippen molar-refractivity contribution in [2.45, 2.75) is 57.7 Å². The Balaban J connectivity index is 1.60. The molecule has 1 aliphatic carbocycles. The number of hydrogen-bond donors (Lipinski definition) is 1. The van der Waals surface area contributed by atoms with Gasteiger partial charge in [0, 0.05) is 11.7 Å². The fraction of sp³-hybridized carbons (Fsp3) is 0.375. The van der Waals surface area contributed by atoms with E-state index >= 15 is 0 Å². The summed E-state index contributed by atoms with van der Waals surface area (Å²) in [5.74, 6) is -0.310. The van der Waals surface area contributed by atoms with Crippen molar-refractivity contribution in [2.75, 3.05) is 4.90 Å². The van der Waals surface area contributed by atoms with Crippen molar-refractivity contribution in [1.82, 2.24) is 15.1 Å². The number of aryl methyl sites for hydroxylation is 1. The van der Waals surface area contributed by atoms with Crippen molar-refractivity contribution >= 4 is 28.8 Å². The van der Waals surface area contributed by atoms with Gasteiger partial charge in [-0.25, -0.2) is 0 Å². The van der Waals surface area contributed by atoms with Crippen LogP contribution in [0.1, 0.15) is 48.7 Å². The number of aromatic nitrogens is 2. The second-order valence-electron chi connectivity index (χ2n) is 8.71. The molecular weight excluding hydrogens is 408 g/mol. The number of rotatable bonds is 4. The highest BCUT2D eigenvalue weighted by molar-refractivity contribution is 7.13. The summed E-state index contributed by atoms with van der Waals surface area (Å²) in [5, 5.41) is 9.92. The van der Waals surface area contributed by atoms with Crippen LogP contribution in [0, 0.1) is 6.92 Å². The van der Waals surface area contributed by atoms with Gasteiger partial charge in [-0.1, -0.05) is 37.1 Å². The second kappa shape index (κ2) is 7.64. The summed E-state index contributed by atoms with van der Waals surface area (Å²) >= 11 is 1.59. The van der Waals surface area contributed by atoms with Crippen molar-refractivity contribution in [1.29, 1.82) is 0 Å². The Bertz CT molecular complexity index is 1130. The van der Waals surface area contributed by atoms with E-state index in [0.29, 0.717) is 12.2 Å². The molecule has 3 aromatic rings. The van der Waals surface area contributed by atoms with Crippen LogP contribution in [0.15, 0.2) is 47.8 Å². The maximum atomic E-state index is 13.8. The van der Waals surface area contributed by atoms with Gasteiger partial charge in [0.25, 0.3) is 5.91 Å². The first-order chi connectivity index (χ1) is 15.0. The number of fused-ring (bicyclic) bond motifs is 1. The molecule has 7 heteroatoms. The van der Waals surface area contributed by atoms with E-state index in [1.165, 1.54) is 0 Å². The third-order valence-electron chi connectivity index (χ3n) is 6.46. The maximum absolute atomic E-state index is 13.8. The van der Waals surface area contributed by atoms with E-state index in [1.807, 2.05) is 61.7 Å². The summed E-state index contributed by atoms with van der Waals surface area (Å²) in [6, 6.07) is 13.7. The van der Waals surface area contributed by atoms with E-state index in [0.717, 1.165) is 47.5 Å². The minimum absolute atomic E-state index is 0.116. The smallest absolute Gasteiger partial charge is 0.277 e. The summed E-state index contributed by atoms with van der Waals surface area (Å²) in [4.78, 5) is 30.1. The van der Waals surface area contributed by atoms with Crippen LogP contribution in [0.25, 0.3) is 10.6 Å². The van der Waals surface area contributed by atoms with Crippen LogP contribution in [-0.2, 0) is 11.3 Å². The number of amides is 2. The molecule has 1 aromatic carbocycles. The van der Waals surface area contributed by atoms with Crippen LogP contribution in [0.2, 0.25) is 0 Å². The number of thiophene rings is 1. The van der Waals surface area contributed by atoms with Gasteiger partial charge in [0.05, 0.1) is 11.4 Å². The predicted octanol–water partition coefficient (Wildman–Crippen LogP) is 4.40. The van der Waals surface area contributed by atoms with E-state index in [1.54, 1.807) is 20.9 Å². The monoisotopic (exact) mass is 434 g/mol. The number of nitrogens with zero attached hydrogens (tertiary/aromatic N) is 3. The molecule has 0 radical (unpaired) electrons. The van der Waals surface area contributed by atoms with Gasteiger partial charge in [-0.3, -0.25) is 19.2 Å². The highest BCUT2D eigenvalue weighted by Gasteiger charge is 2.49. The summed E-state index contributed by atoms with van der Waals surface area (Å²) < 4.78 is 1.71. The molecule has 1 aliphatic heterocycles. The Hall–Kier alpha value is -2.93. The third-order valence-corrected chi connectivity index (χ3v) is 7.36. The number of carbonyl (C=O) groups is 2. The fourth-order valence-corrected chi connectivity index (χ4v) is 5.41. The lowest BCUT2D eigenvalue weighted by Gasteiger charge is -2.44.